The maximum Gasteiger partial charge on any atom is 0.252 e. The lowest BCUT2D eigenvalue weighted by Crippen LogP contribution is -2.33. The van der Waals surface area contributed by atoms with Crippen molar-refractivity contribution >= 4 is 21.4 Å². The van der Waals surface area contributed by atoms with Crippen molar-refractivity contribution in [1.29, 1.82) is 5.26 Å². The summed E-state index contributed by atoms with van der Waals surface area (Å²) in [6.45, 7) is 2.04. The van der Waals surface area contributed by atoms with Gasteiger partial charge < -0.3 is 5.11 Å². The summed E-state index contributed by atoms with van der Waals surface area (Å²) in [6.07, 6.45) is 0.433. The molecule has 2 rings (SSSR count). The zero-order valence-corrected chi connectivity index (χ0v) is 10.9. The van der Waals surface area contributed by atoms with E-state index in [9.17, 15) is 13.5 Å². The van der Waals surface area contributed by atoms with Crippen molar-refractivity contribution in [3.8, 4) is 6.07 Å². The number of β-amino-alcohol motifs (C(OH)–C–C–N with tert-alkyl or cyclic N) is 1. The second kappa shape index (κ2) is 4.07. The van der Waals surface area contributed by atoms with E-state index in [0.717, 1.165) is 11.3 Å². The smallest absolute Gasteiger partial charge is 0.252 e. The Kier molecular flexibility index (Phi) is 2.99. The molecular weight excluding hydrogens is 260 g/mol. The lowest BCUT2D eigenvalue weighted by molar-refractivity contribution is 0.0762. The third kappa shape index (κ3) is 2.35. The Morgan fingerprint density at radius 2 is 2.29 bits per heavy atom. The van der Waals surface area contributed by atoms with E-state index in [1.165, 1.54) is 16.4 Å². The van der Waals surface area contributed by atoms with E-state index >= 15 is 0 Å². The number of thiophene rings is 1. The van der Waals surface area contributed by atoms with Crippen LogP contribution in [0.25, 0.3) is 0 Å². The molecule has 0 saturated carbocycles. The molecule has 1 atom stereocenters. The van der Waals surface area contributed by atoms with E-state index in [1.807, 2.05) is 6.07 Å². The average molecular weight is 272 g/mol. The fourth-order valence-corrected chi connectivity index (χ4v) is 4.57. The Bertz CT molecular complexity index is 569. The van der Waals surface area contributed by atoms with Crippen LogP contribution in [0.15, 0.2) is 16.3 Å². The largest absolute Gasteiger partial charge is 0.389 e. The van der Waals surface area contributed by atoms with Crippen LogP contribution in [0.1, 0.15) is 18.2 Å². The van der Waals surface area contributed by atoms with Crippen molar-refractivity contribution in [3.63, 3.8) is 0 Å². The molecule has 5 nitrogen and oxygen atoms in total. The average Bonchev–Trinajstić information content (AvgIpc) is 2.84. The minimum Gasteiger partial charge on any atom is -0.389 e. The van der Waals surface area contributed by atoms with Gasteiger partial charge in [0.25, 0.3) is 10.0 Å². The van der Waals surface area contributed by atoms with Gasteiger partial charge in [-0.3, -0.25) is 0 Å². The normalized spacial score (nSPS) is 25.9. The summed E-state index contributed by atoms with van der Waals surface area (Å²) in [5.74, 6) is 0. The first-order chi connectivity index (χ1) is 7.85. The topological polar surface area (TPSA) is 81.4 Å². The predicted molar refractivity (Wildman–Crippen MR) is 63.0 cm³/mol. The van der Waals surface area contributed by atoms with Crippen molar-refractivity contribution in [1.82, 2.24) is 4.31 Å². The van der Waals surface area contributed by atoms with Crippen LogP contribution < -0.4 is 0 Å². The Morgan fingerprint density at radius 1 is 1.59 bits per heavy atom. The van der Waals surface area contributed by atoms with Gasteiger partial charge in [-0.2, -0.15) is 9.57 Å². The molecule has 1 aliphatic heterocycles. The minimum atomic E-state index is -3.56. The number of rotatable bonds is 2. The van der Waals surface area contributed by atoms with Crippen molar-refractivity contribution in [3.05, 3.63) is 17.0 Å². The molecule has 1 saturated heterocycles. The Morgan fingerprint density at radius 3 is 2.76 bits per heavy atom. The van der Waals surface area contributed by atoms with E-state index < -0.39 is 15.6 Å². The molecule has 7 heteroatoms. The van der Waals surface area contributed by atoms with Crippen LogP contribution in [0.3, 0.4) is 0 Å². The highest BCUT2D eigenvalue weighted by molar-refractivity contribution is 7.91. The zero-order valence-electron chi connectivity index (χ0n) is 9.25. The highest BCUT2D eigenvalue weighted by Gasteiger charge is 2.38. The number of sulfonamides is 1. The lowest BCUT2D eigenvalue weighted by Gasteiger charge is -2.17. The molecule has 17 heavy (non-hydrogen) atoms. The van der Waals surface area contributed by atoms with Gasteiger partial charge in [0.15, 0.2) is 0 Å². The Labute approximate surface area is 104 Å². The molecule has 0 bridgehead atoms. The lowest BCUT2D eigenvalue weighted by atomic mass is 10.1. The number of nitrogens with zero attached hydrogens (tertiary/aromatic N) is 2. The fraction of sp³-hybridized carbons (Fsp3) is 0.500. The van der Waals surface area contributed by atoms with Gasteiger partial charge in [0, 0.05) is 13.1 Å². The van der Waals surface area contributed by atoms with Crippen LogP contribution in [-0.4, -0.2) is 36.5 Å². The van der Waals surface area contributed by atoms with Crippen LogP contribution in [-0.2, 0) is 10.0 Å². The molecule has 0 radical (unpaired) electrons. The first-order valence-corrected chi connectivity index (χ1v) is 7.33. The molecule has 92 valence electrons. The molecule has 1 N–H and O–H groups in total. The maximum atomic E-state index is 12.2. The number of nitriles is 1. The number of hydrogen-bond donors (Lipinski definition) is 1. The molecule has 1 unspecified atom stereocenters. The SMILES string of the molecule is CC1(O)CCN(S(=O)(=O)c2ccc(C#N)s2)C1. The van der Waals surface area contributed by atoms with Crippen molar-refractivity contribution < 1.29 is 13.5 Å². The van der Waals surface area contributed by atoms with Gasteiger partial charge in [0.1, 0.15) is 15.2 Å². The third-order valence-electron chi connectivity index (χ3n) is 2.70. The Hall–Kier alpha value is -0.940. The predicted octanol–water partition coefficient (Wildman–Crippen LogP) is 0.765. The van der Waals surface area contributed by atoms with Crippen LogP contribution in [0.4, 0.5) is 0 Å². The van der Waals surface area contributed by atoms with E-state index in [4.69, 9.17) is 5.26 Å². The van der Waals surface area contributed by atoms with Crippen molar-refractivity contribution in [2.75, 3.05) is 13.1 Å². The van der Waals surface area contributed by atoms with E-state index in [1.54, 1.807) is 6.92 Å². The summed E-state index contributed by atoms with van der Waals surface area (Å²) in [4.78, 5) is 0.370. The van der Waals surface area contributed by atoms with Crippen LogP contribution in [0.5, 0.6) is 0 Å². The van der Waals surface area contributed by atoms with Gasteiger partial charge in [-0.1, -0.05) is 0 Å². The van der Waals surface area contributed by atoms with Crippen LogP contribution in [0, 0.1) is 11.3 Å². The van der Waals surface area contributed by atoms with E-state index in [-0.39, 0.29) is 10.8 Å². The van der Waals surface area contributed by atoms with Gasteiger partial charge in [-0.05, 0) is 25.5 Å². The standard InChI is InChI=1S/C10H12N2O3S2/c1-10(13)4-5-12(7-10)17(14,15)9-3-2-8(6-11)16-9/h2-3,13H,4-5,7H2,1H3. The van der Waals surface area contributed by atoms with Gasteiger partial charge in [0.2, 0.25) is 0 Å². The summed E-state index contributed by atoms with van der Waals surface area (Å²) in [7, 11) is -3.56. The summed E-state index contributed by atoms with van der Waals surface area (Å²) in [5, 5.41) is 18.4. The highest BCUT2D eigenvalue weighted by atomic mass is 32.2. The van der Waals surface area contributed by atoms with Crippen molar-refractivity contribution in [2.24, 2.45) is 0 Å². The summed E-state index contributed by atoms with van der Waals surface area (Å²) >= 11 is 0.954. The summed E-state index contributed by atoms with van der Waals surface area (Å²) < 4.78 is 25.8. The van der Waals surface area contributed by atoms with Crippen LogP contribution in [0.2, 0.25) is 0 Å². The van der Waals surface area contributed by atoms with Crippen molar-refractivity contribution in [2.45, 2.75) is 23.2 Å². The molecular formula is C10H12N2O3S2. The van der Waals surface area contributed by atoms with Gasteiger partial charge in [-0.15, -0.1) is 11.3 Å². The molecule has 1 fully saturated rings. The quantitative estimate of drug-likeness (QED) is 0.862. The maximum absolute atomic E-state index is 12.2. The molecule has 0 spiro atoms. The second-order valence-electron chi connectivity index (χ2n) is 4.32. The molecule has 0 amide bonds. The highest BCUT2D eigenvalue weighted by Crippen LogP contribution is 2.30. The number of hydrogen-bond acceptors (Lipinski definition) is 5. The molecule has 1 aromatic heterocycles. The van der Waals surface area contributed by atoms with Crippen LogP contribution >= 0.6 is 11.3 Å². The molecule has 2 heterocycles. The van der Waals surface area contributed by atoms with Gasteiger partial charge in [0.05, 0.1) is 5.60 Å². The summed E-state index contributed by atoms with van der Waals surface area (Å²) in [5.41, 5.74) is -0.956. The van der Waals surface area contributed by atoms with E-state index in [2.05, 4.69) is 0 Å². The molecule has 0 aliphatic carbocycles. The van der Waals surface area contributed by atoms with Gasteiger partial charge in [-0.25, -0.2) is 8.42 Å². The zero-order chi connectivity index (χ0) is 12.7. The monoisotopic (exact) mass is 272 g/mol. The first-order valence-electron chi connectivity index (χ1n) is 5.08. The molecule has 1 aliphatic rings. The third-order valence-corrected chi connectivity index (χ3v) is 6.00. The Balaban J connectivity index is 2.29. The van der Waals surface area contributed by atoms with Gasteiger partial charge >= 0.3 is 0 Å². The molecule has 1 aromatic rings. The second-order valence-corrected chi connectivity index (χ2v) is 7.56. The fourth-order valence-electron chi connectivity index (χ4n) is 1.75. The summed E-state index contributed by atoms with van der Waals surface area (Å²) in [6, 6.07) is 4.84. The first kappa shape index (κ1) is 12.5. The molecule has 0 aromatic carbocycles. The number of aliphatic hydroxyl groups is 1. The minimum absolute atomic E-state index is 0.106. The van der Waals surface area contributed by atoms with E-state index in [0.29, 0.717) is 17.8 Å².